The molecule has 0 saturated heterocycles. The summed E-state index contributed by atoms with van der Waals surface area (Å²) in [6, 6.07) is 50.6. The second kappa shape index (κ2) is 7.62. The molecule has 3 nitrogen and oxygen atoms in total. The fraction of sp³-hybridized carbons (Fsp3) is 0. The Morgan fingerprint density at radius 3 is 1.15 bits per heavy atom. The minimum absolute atomic E-state index is 1.13. The average Bonchev–Trinajstić information content (AvgIpc) is 3.52. The zero-order chi connectivity index (χ0) is 25.5. The van der Waals surface area contributed by atoms with Gasteiger partial charge in [0.05, 0.1) is 44.1 Å². The highest BCUT2D eigenvalue weighted by Crippen LogP contribution is 2.40. The van der Waals surface area contributed by atoms with Crippen molar-refractivity contribution >= 4 is 65.7 Å². The van der Waals surface area contributed by atoms with Crippen LogP contribution in [-0.2, 0) is 0 Å². The minimum Gasteiger partial charge on any atom is -0.306 e. The van der Waals surface area contributed by atoms with Crippen LogP contribution in [0.1, 0.15) is 0 Å². The van der Waals surface area contributed by atoms with Gasteiger partial charge in [-0.15, -0.1) is 0 Å². The Kier molecular flexibility index (Phi) is 4.05. The fourth-order valence-electron chi connectivity index (χ4n) is 6.67. The second-order valence-corrected chi connectivity index (χ2v) is 10.2. The van der Waals surface area contributed by atoms with E-state index in [4.69, 9.17) is 0 Å². The quantitative estimate of drug-likeness (QED) is 0.214. The van der Waals surface area contributed by atoms with Crippen molar-refractivity contribution in [2.75, 3.05) is 0 Å². The Morgan fingerprint density at radius 1 is 0.282 bits per heavy atom. The lowest BCUT2D eigenvalue weighted by molar-refractivity contribution is 1.15. The van der Waals surface area contributed by atoms with E-state index in [1.54, 1.807) is 0 Å². The molecule has 0 fully saturated rings. The van der Waals surface area contributed by atoms with Gasteiger partial charge < -0.3 is 13.4 Å². The first-order valence-corrected chi connectivity index (χ1v) is 13.4. The maximum atomic E-state index is 2.49. The van der Waals surface area contributed by atoms with Crippen LogP contribution in [0.3, 0.4) is 0 Å². The fourth-order valence-corrected chi connectivity index (χ4v) is 6.67. The predicted molar refractivity (Wildman–Crippen MR) is 164 cm³/mol. The van der Waals surface area contributed by atoms with Crippen LogP contribution in [-0.4, -0.2) is 13.4 Å². The van der Waals surface area contributed by atoms with Crippen molar-refractivity contribution in [3.8, 4) is 5.69 Å². The van der Waals surface area contributed by atoms with E-state index >= 15 is 0 Å². The first-order chi connectivity index (χ1) is 19.4. The van der Waals surface area contributed by atoms with Gasteiger partial charge in [0.1, 0.15) is 0 Å². The van der Waals surface area contributed by atoms with Gasteiger partial charge in [0.2, 0.25) is 0 Å². The highest BCUT2D eigenvalue weighted by Gasteiger charge is 2.20. The summed E-state index contributed by atoms with van der Waals surface area (Å²) in [6.07, 6.45) is 0. The Hall–Kier alpha value is -5.28. The Bertz CT molecular complexity index is 2280. The molecule has 0 aliphatic heterocycles. The molecule has 3 aromatic heterocycles. The Morgan fingerprint density at radius 2 is 0.667 bits per heavy atom. The number of nitrogens with zero attached hydrogens (tertiary/aromatic N) is 3. The van der Waals surface area contributed by atoms with Crippen LogP contribution in [0.25, 0.3) is 71.4 Å². The first kappa shape index (κ1) is 20.7. The molecule has 0 saturated carbocycles. The molecule has 0 N–H and O–H groups in total. The van der Waals surface area contributed by atoms with E-state index in [0.29, 0.717) is 0 Å². The van der Waals surface area contributed by atoms with E-state index in [-0.39, 0.29) is 0 Å². The monoisotopic (exact) mass is 497 g/mol. The molecule has 0 aliphatic rings. The van der Waals surface area contributed by atoms with E-state index in [0.717, 1.165) is 27.8 Å². The normalized spacial score (nSPS) is 12.1. The smallest absolute Gasteiger partial charge is 0.0789 e. The molecule has 0 radical (unpaired) electrons. The number of aromatic nitrogens is 3. The largest absolute Gasteiger partial charge is 0.306 e. The third-order valence-electron chi connectivity index (χ3n) is 8.21. The lowest BCUT2D eigenvalue weighted by atomic mass is 10.1. The van der Waals surface area contributed by atoms with Crippen LogP contribution in [0.5, 0.6) is 0 Å². The van der Waals surface area contributed by atoms with Gasteiger partial charge >= 0.3 is 0 Å². The molecule has 0 amide bonds. The molecule has 0 aliphatic carbocycles. The average molecular weight is 498 g/mol. The van der Waals surface area contributed by atoms with Crippen molar-refractivity contribution in [1.29, 1.82) is 0 Å². The van der Waals surface area contributed by atoms with Gasteiger partial charge in [-0.1, -0.05) is 91.0 Å². The molecule has 39 heavy (non-hydrogen) atoms. The lowest BCUT2D eigenvalue weighted by Crippen LogP contribution is -1.99. The van der Waals surface area contributed by atoms with Gasteiger partial charge in [-0.3, -0.25) is 0 Å². The number of hydrogen-bond donors (Lipinski definition) is 0. The molecular formula is C36H23N3. The van der Waals surface area contributed by atoms with E-state index in [1.807, 2.05) is 0 Å². The van der Waals surface area contributed by atoms with Crippen molar-refractivity contribution in [3.05, 3.63) is 140 Å². The van der Waals surface area contributed by atoms with Crippen LogP contribution in [0.15, 0.2) is 140 Å². The SMILES string of the molecule is c1ccc(-n2c3ccccc3n3c4ccccc4c4ccc5c6ccccc6n(c6ccccc62)c5c43)cc1. The topological polar surface area (TPSA) is 13.8 Å². The summed E-state index contributed by atoms with van der Waals surface area (Å²) in [6.45, 7) is 0. The van der Waals surface area contributed by atoms with E-state index in [2.05, 4.69) is 153 Å². The van der Waals surface area contributed by atoms with Gasteiger partial charge in [-0.2, -0.15) is 0 Å². The van der Waals surface area contributed by atoms with Crippen LogP contribution >= 0.6 is 0 Å². The molecule has 6 aromatic carbocycles. The molecule has 9 rings (SSSR count). The molecular weight excluding hydrogens is 474 g/mol. The van der Waals surface area contributed by atoms with Crippen LogP contribution in [0.4, 0.5) is 0 Å². The molecule has 0 spiro atoms. The molecule has 3 heterocycles. The zero-order valence-electron chi connectivity index (χ0n) is 21.1. The molecule has 0 atom stereocenters. The van der Waals surface area contributed by atoms with Crippen LogP contribution in [0.2, 0.25) is 0 Å². The van der Waals surface area contributed by atoms with Gasteiger partial charge in [-0.05, 0) is 48.5 Å². The molecule has 9 aromatic rings. The molecule has 0 bridgehead atoms. The van der Waals surface area contributed by atoms with Crippen LogP contribution in [0, 0.1) is 0 Å². The number of rotatable bonds is 1. The van der Waals surface area contributed by atoms with Gasteiger partial charge in [0.15, 0.2) is 0 Å². The van der Waals surface area contributed by atoms with Gasteiger partial charge in [0.25, 0.3) is 0 Å². The van der Waals surface area contributed by atoms with Crippen LogP contribution < -0.4 is 0 Å². The molecule has 3 heteroatoms. The zero-order valence-corrected chi connectivity index (χ0v) is 21.1. The molecule has 182 valence electrons. The van der Waals surface area contributed by atoms with Crippen molar-refractivity contribution < 1.29 is 0 Å². The lowest BCUT2D eigenvalue weighted by Gasteiger charge is -2.13. The number of benzene rings is 6. The highest BCUT2D eigenvalue weighted by atomic mass is 15.0. The third-order valence-corrected chi connectivity index (χ3v) is 8.21. The molecule has 0 unspecified atom stereocenters. The Balaban J connectivity index is 1.79. The summed E-state index contributed by atoms with van der Waals surface area (Å²) >= 11 is 0. The summed E-state index contributed by atoms with van der Waals surface area (Å²) in [7, 11) is 0. The number of hydrogen-bond acceptors (Lipinski definition) is 0. The summed E-state index contributed by atoms with van der Waals surface area (Å²) < 4.78 is 7.39. The summed E-state index contributed by atoms with van der Waals surface area (Å²) in [5, 5.41) is 5.06. The van der Waals surface area contributed by atoms with Crippen molar-refractivity contribution in [3.63, 3.8) is 0 Å². The second-order valence-electron chi connectivity index (χ2n) is 10.2. The predicted octanol–water partition coefficient (Wildman–Crippen LogP) is 9.31. The van der Waals surface area contributed by atoms with E-state index in [9.17, 15) is 0 Å². The van der Waals surface area contributed by atoms with Gasteiger partial charge in [-0.25, -0.2) is 0 Å². The van der Waals surface area contributed by atoms with Crippen molar-refractivity contribution in [2.24, 2.45) is 0 Å². The summed E-state index contributed by atoms with van der Waals surface area (Å²) in [4.78, 5) is 0. The Labute approximate surface area is 224 Å². The maximum Gasteiger partial charge on any atom is 0.0789 e. The number of para-hydroxylation sites is 7. The summed E-state index contributed by atoms with van der Waals surface area (Å²) in [5.74, 6) is 0. The summed E-state index contributed by atoms with van der Waals surface area (Å²) in [5.41, 5.74) is 10.6. The van der Waals surface area contributed by atoms with Crippen molar-refractivity contribution in [1.82, 2.24) is 13.4 Å². The maximum absolute atomic E-state index is 2.49. The highest BCUT2D eigenvalue weighted by molar-refractivity contribution is 6.24. The first-order valence-electron chi connectivity index (χ1n) is 13.4. The van der Waals surface area contributed by atoms with Gasteiger partial charge in [0, 0.05) is 27.2 Å². The minimum atomic E-state index is 1.13. The van der Waals surface area contributed by atoms with Crippen molar-refractivity contribution in [2.45, 2.75) is 0 Å². The van der Waals surface area contributed by atoms with E-state index < -0.39 is 0 Å². The third kappa shape index (κ3) is 2.66. The van der Waals surface area contributed by atoms with E-state index in [1.165, 1.54) is 43.6 Å². The standard InChI is InChI=1S/C36H23N3/c1-2-12-24(13-3-1)37-31-18-8-10-20-33(31)38-29-16-6-4-14-25(29)27-22-23-28-26-15-5-7-17-30(26)39(36(28)35(27)38)34-21-11-9-19-32(34)37/h1-23H. The number of fused-ring (bicyclic) bond motifs is 10.